The van der Waals surface area contributed by atoms with Crippen LogP contribution in [-0.4, -0.2) is 38.1 Å². The van der Waals surface area contributed by atoms with E-state index in [1.54, 1.807) is 0 Å². The number of aliphatic carboxylic acids is 1. The van der Waals surface area contributed by atoms with Gasteiger partial charge in [-0.1, -0.05) is 29.8 Å². The average Bonchev–Trinajstić information content (AvgIpc) is 3.18. The maximum atomic E-state index is 13.4. The van der Waals surface area contributed by atoms with Crippen molar-refractivity contribution in [3.05, 3.63) is 59.4 Å². The van der Waals surface area contributed by atoms with E-state index in [-0.39, 0.29) is 11.4 Å². The SMILES string of the molecule is O=C(NC12CC3CC(CC(C3)C1)C2)c1nc(-c2cccc(Cl)c2)n2ccccc12.O=C(O)C(F)(F)F. The molecule has 1 amide bonds. The Hall–Kier alpha value is -3.07. The summed E-state index contributed by atoms with van der Waals surface area (Å²) in [6, 6.07) is 13.5. The summed E-state index contributed by atoms with van der Waals surface area (Å²) in [5, 5.41) is 11.3. The van der Waals surface area contributed by atoms with E-state index in [4.69, 9.17) is 26.5 Å². The predicted molar refractivity (Wildman–Crippen MR) is 128 cm³/mol. The van der Waals surface area contributed by atoms with Crippen LogP contribution >= 0.6 is 11.6 Å². The number of hydrogen-bond acceptors (Lipinski definition) is 3. The van der Waals surface area contributed by atoms with Crippen molar-refractivity contribution < 1.29 is 27.9 Å². The van der Waals surface area contributed by atoms with Crippen molar-refractivity contribution in [3.8, 4) is 11.4 Å². The lowest BCUT2D eigenvalue weighted by atomic mass is 9.53. The number of halogens is 4. The van der Waals surface area contributed by atoms with E-state index in [0.717, 1.165) is 53.9 Å². The van der Waals surface area contributed by atoms with E-state index >= 15 is 0 Å². The fourth-order valence-electron chi connectivity index (χ4n) is 6.60. The maximum absolute atomic E-state index is 13.4. The highest BCUT2D eigenvalue weighted by atomic mass is 35.5. The Morgan fingerprint density at radius 2 is 1.64 bits per heavy atom. The molecule has 190 valence electrons. The quantitative estimate of drug-likeness (QED) is 0.445. The number of rotatable bonds is 3. The van der Waals surface area contributed by atoms with Gasteiger partial charge in [-0.05, 0) is 80.5 Å². The molecule has 2 N–H and O–H groups in total. The van der Waals surface area contributed by atoms with Crippen molar-refractivity contribution in [2.24, 2.45) is 17.8 Å². The molecule has 36 heavy (non-hydrogen) atoms. The second kappa shape index (κ2) is 9.10. The predicted octanol–water partition coefficient (Wildman–Crippen LogP) is 5.99. The Morgan fingerprint density at radius 1 is 1.03 bits per heavy atom. The van der Waals surface area contributed by atoms with Gasteiger partial charge in [-0.3, -0.25) is 9.20 Å². The number of nitrogens with zero attached hydrogens (tertiary/aromatic N) is 2. The van der Waals surface area contributed by atoms with Crippen LogP contribution in [0.25, 0.3) is 16.9 Å². The number of carbonyl (C=O) groups excluding carboxylic acids is 1. The topological polar surface area (TPSA) is 83.7 Å². The second-order valence-electron chi connectivity index (χ2n) is 10.2. The van der Waals surface area contributed by atoms with Gasteiger partial charge in [0.2, 0.25) is 0 Å². The molecule has 1 aromatic carbocycles. The van der Waals surface area contributed by atoms with E-state index in [2.05, 4.69) is 5.32 Å². The minimum Gasteiger partial charge on any atom is -0.475 e. The van der Waals surface area contributed by atoms with E-state index < -0.39 is 12.1 Å². The number of carboxylic acid groups (broad SMARTS) is 1. The Bertz CT molecular complexity index is 1290. The summed E-state index contributed by atoms with van der Waals surface area (Å²) in [5.74, 6) is 0.335. The van der Waals surface area contributed by atoms with Gasteiger partial charge < -0.3 is 10.4 Å². The van der Waals surface area contributed by atoms with Crippen molar-refractivity contribution >= 4 is 29.0 Å². The van der Waals surface area contributed by atoms with Crippen LogP contribution in [0.5, 0.6) is 0 Å². The summed E-state index contributed by atoms with van der Waals surface area (Å²) in [5.41, 5.74) is 2.24. The summed E-state index contributed by atoms with van der Waals surface area (Å²) < 4.78 is 33.7. The van der Waals surface area contributed by atoms with Crippen LogP contribution in [0.2, 0.25) is 5.02 Å². The van der Waals surface area contributed by atoms with Gasteiger partial charge >= 0.3 is 12.1 Å². The minimum atomic E-state index is -5.08. The van der Waals surface area contributed by atoms with Crippen LogP contribution in [0, 0.1) is 17.8 Å². The molecule has 4 aliphatic carbocycles. The number of aromatic nitrogens is 2. The highest BCUT2D eigenvalue weighted by Gasteiger charge is 2.51. The van der Waals surface area contributed by atoms with Crippen molar-refractivity contribution in [1.82, 2.24) is 14.7 Å². The largest absolute Gasteiger partial charge is 0.490 e. The van der Waals surface area contributed by atoms with Crippen LogP contribution in [0.1, 0.15) is 49.0 Å². The van der Waals surface area contributed by atoms with Gasteiger partial charge in [0.05, 0.1) is 5.52 Å². The van der Waals surface area contributed by atoms with E-state index in [1.165, 1.54) is 19.3 Å². The molecule has 10 heteroatoms. The third-order valence-electron chi connectivity index (χ3n) is 7.51. The van der Waals surface area contributed by atoms with E-state index in [1.807, 2.05) is 53.1 Å². The van der Waals surface area contributed by atoms with Crippen LogP contribution in [0.3, 0.4) is 0 Å². The molecule has 2 heterocycles. The molecule has 4 aliphatic rings. The number of benzene rings is 1. The first-order chi connectivity index (χ1) is 17.0. The number of nitrogens with one attached hydrogen (secondary N) is 1. The number of carboxylic acids is 1. The molecule has 4 saturated carbocycles. The fourth-order valence-corrected chi connectivity index (χ4v) is 6.79. The highest BCUT2D eigenvalue weighted by Crippen LogP contribution is 2.55. The molecule has 0 aliphatic heterocycles. The Labute approximate surface area is 210 Å². The zero-order valence-electron chi connectivity index (χ0n) is 19.3. The van der Waals surface area contributed by atoms with E-state index in [0.29, 0.717) is 10.7 Å². The molecule has 0 saturated heterocycles. The van der Waals surface area contributed by atoms with Crippen LogP contribution in [0.4, 0.5) is 13.2 Å². The van der Waals surface area contributed by atoms with Gasteiger partial charge in [0.1, 0.15) is 5.82 Å². The van der Waals surface area contributed by atoms with Crippen molar-refractivity contribution in [1.29, 1.82) is 0 Å². The molecule has 6 nitrogen and oxygen atoms in total. The Balaban J connectivity index is 0.000000338. The summed E-state index contributed by atoms with van der Waals surface area (Å²) >= 11 is 6.20. The first kappa shape index (κ1) is 24.6. The first-order valence-electron chi connectivity index (χ1n) is 11.9. The number of imidazole rings is 1. The van der Waals surface area contributed by atoms with Crippen LogP contribution < -0.4 is 5.32 Å². The molecule has 0 spiro atoms. The average molecular weight is 520 g/mol. The molecule has 4 fully saturated rings. The Kier molecular flexibility index (Phi) is 6.22. The molecular formula is C26H25ClF3N3O3. The first-order valence-corrected chi connectivity index (χ1v) is 12.3. The monoisotopic (exact) mass is 519 g/mol. The molecule has 0 radical (unpaired) electrons. The van der Waals surface area contributed by atoms with Crippen molar-refractivity contribution in [2.75, 3.05) is 0 Å². The lowest BCUT2D eigenvalue weighted by Crippen LogP contribution is -2.59. The molecule has 7 rings (SSSR count). The number of hydrogen-bond donors (Lipinski definition) is 2. The van der Waals surface area contributed by atoms with Crippen molar-refractivity contribution in [2.45, 2.75) is 50.2 Å². The number of pyridine rings is 1. The zero-order chi connectivity index (χ0) is 25.7. The highest BCUT2D eigenvalue weighted by molar-refractivity contribution is 6.30. The number of fused-ring (bicyclic) bond motifs is 1. The normalized spacial score (nSPS) is 26.4. The fraction of sp³-hybridized carbons (Fsp3) is 0.423. The molecule has 4 bridgehead atoms. The third kappa shape index (κ3) is 4.81. The maximum Gasteiger partial charge on any atom is 0.490 e. The van der Waals surface area contributed by atoms with Crippen LogP contribution in [-0.2, 0) is 4.79 Å². The van der Waals surface area contributed by atoms with Gasteiger partial charge in [-0.2, -0.15) is 13.2 Å². The summed E-state index contributed by atoms with van der Waals surface area (Å²) in [4.78, 5) is 27.1. The van der Waals surface area contributed by atoms with Crippen molar-refractivity contribution in [3.63, 3.8) is 0 Å². The molecular weight excluding hydrogens is 495 g/mol. The molecule has 2 aromatic heterocycles. The summed E-state index contributed by atoms with van der Waals surface area (Å²) in [6.07, 6.45) is 4.37. The summed E-state index contributed by atoms with van der Waals surface area (Å²) in [6.45, 7) is 0. The smallest absolute Gasteiger partial charge is 0.475 e. The van der Waals surface area contributed by atoms with E-state index in [9.17, 15) is 18.0 Å². The third-order valence-corrected chi connectivity index (χ3v) is 7.74. The zero-order valence-corrected chi connectivity index (χ0v) is 20.0. The van der Waals surface area contributed by atoms with Gasteiger partial charge in [0.15, 0.2) is 5.69 Å². The number of alkyl halides is 3. The number of amides is 1. The minimum absolute atomic E-state index is 0.0211. The van der Waals surface area contributed by atoms with Gasteiger partial charge in [0.25, 0.3) is 5.91 Å². The van der Waals surface area contributed by atoms with Gasteiger partial charge in [-0.25, -0.2) is 9.78 Å². The second-order valence-corrected chi connectivity index (χ2v) is 10.6. The lowest BCUT2D eigenvalue weighted by molar-refractivity contribution is -0.192. The Morgan fingerprint density at radius 3 is 2.19 bits per heavy atom. The standard InChI is InChI=1S/C24H24ClN3O.C2HF3O2/c25-19-5-3-4-18(11-19)22-26-21(20-6-1-2-7-28(20)22)23(29)27-24-12-15-8-16(13-24)10-17(9-15)14-24;3-2(4,5)1(6)7/h1-7,11,15-17H,8-10,12-14H2,(H,27,29);(H,6,7). The molecule has 3 aromatic rings. The lowest BCUT2D eigenvalue weighted by Gasteiger charge is -2.56. The summed E-state index contributed by atoms with van der Waals surface area (Å²) in [7, 11) is 0. The molecule has 0 atom stereocenters. The number of carbonyl (C=O) groups is 2. The van der Waals surface area contributed by atoms with Gasteiger partial charge in [0, 0.05) is 22.3 Å². The van der Waals surface area contributed by atoms with Gasteiger partial charge in [-0.15, -0.1) is 0 Å². The van der Waals surface area contributed by atoms with Crippen LogP contribution in [0.15, 0.2) is 48.7 Å². The molecule has 0 unspecified atom stereocenters.